The number of fused-ring (bicyclic) bond motifs is 1. The highest BCUT2D eigenvalue weighted by atomic mass is 16.2. The lowest BCUT2D eigenvalue weighted by Crippen LogP contribution is -2.23. The maximum absolute atomic E-state index is 11.5. The number of imidazole rings is 1. The van der Waals surface area contributed by atoms with Gasteiger partial charge in [0.15, 0.2) is 0 Å². The molecule has 1 amide bonds. The van der Waals surface area contributed by atoms with Gasteiger partial charge >= 0.3 is 0 Å². The van der Waals surface area contributed by atoms with Gasteiger partial charge < -0.3 is 10.2 Å². The number of carbonyl (C=O) groups excluding carboxylic acids is 1. The Labute approximate surface area is 147 Å². The molecule has 1 N–H and O–H groups in total. The summed E-state index contributed by atoms with van der Waals surface area (Å²) in [6.45, 7) is 6.81. The summed E-state index contributed by atoms with van der Waals surface area (Å²) in [5, 5.41) is 3.47. The molecule has 0 fully saturated rings. The van der Waals surface area contributed by atoms with Gasteiger partial charge in [0.25, 0.3) is 0 Å². The minimum absolute atomic E-state index is 0.0497. The third kappa shape index (κ3) is 3.63. The molecule has 0 spiro atoms. The Morgan fingerprint density at radius 1 is 1.28 bits per heavy atom. The van der Waals surface area contributed by atoms with Crippen LogP contribution in [-0.2, 0) is 17.9 Å². The van der Waals surface area contributed by atoms with E-state index in [9.17, 15) is 4.79 Å². The Morgan fingerprint density at radius 3 is 2.80 bits per heavy atom. The number of anilines is 1. The maximum Gasteiger partial charge on any atom is 0.234 e. The van der Waals surface area contributed by atoms with Gasteiger partial charge in [-0.1, -0.05) is 18.2 Å². The van der Waals surface area contributed by atoms with E-state index >= 15 is 0 Å². The Balaban J connectivity index is 1.82. The molecule has 0 aliphatic carbocycles. The second-order valence-electron chi connectivity index (χ2n) is 6.31. The van der Waals surface area contributed by atoms with Gasteiger partial charge in [-0.2, -0.15) is 0 Å². The van der Waals surface area contributed by atoms with Gasteiger partial charge in [0.2, 0.25) is 11.7 Å². The van der Waals surface area contributed by atoms with E-state index in [1.165, 1.54) is 0 Å². The van der Waals surface area contributed by atoms with E-state index in [2.05, 4.69) is 26.6 Å². The Hall–Kier alpha value is -2.89. The Kier molecular flexibility index (Phi) is 4.70. The van der Waals surface area contributed by atoms with Crippen LogP contribution in [0.3, 0.4) is 0 Å². The fourth-order valence-corrected chi connectivity index (χ4v) is 2.90. The number of amides is 1. The minimum atomic E-state index is 0.0497. The predicted molar refractivity (Wildman–Crippen MR) is 98.4 cm³/mol. The van der Waals surface area contributed by atoms with Crippen molar-refractivity contribution in [2.75, 3.05) is 12.4 Å². The highest BCUT2D eigenvalue weighted by molar-refractivity contribution is 5.73. The molecule has 0 unspecified atom stereocenters. The van der Waals surface area contributed by atoms with Crippen LogP contribution in [0.1, 0.15) is 29.6 Å². The van der Waals surface area contributed by atoms with Gasteiger partial charge in [-0.15, -0.1) is 0 Å². The third-order valence-corrected chi connectivity index (χ3v) is 4.29. The lowest BCUT2D eigenvalue weighted by molar-refractivity contribution is -0.128. The van der Waals surface area contributed by atoms with Crippen LogP contribution in [0.25, 0.3) is 5.78 Å². The van der Waals surface area contributed by atoms with Crippen LogP contribution >= 0.6 is 0 Å². The molecule has 0 saturated carbocycles. The number of benzene rings is 1. The van der Waals surface area contributed by atoms with Gasteiger partial charge in [0.1, 0.15) is 0 Å². The van der Waals surface area contributed by atoms with Gasteiger partial charge in [0, 0.05) is 37.6 Å². The van der Waals surface area contributed by atoms with E-state index in [0.717, 1.165) is 34.1 Å². The summed E-state index contributed by atoms with van der Waals surface area (Å²) in [5.74, 6) is 0.771. The largest absolute Gasteiger partial charge is 0.379 e. The summed E-state index contributed by atoms with van der Waals surface area (Å²) >= 11 is 0. The summed E-state index contributed by atoms with van der Waals surface area (Å²) in [6.07, 6.45) is 1.85. The van der Waals surface area contributed by atoms with Crippen molar-refractivity contribution in [3.05, 3.63) is 59.2 Å². The monoisotopic (exact) mass is 337 g/mol. The number of para-hydroxylation sites is 1. The van der Waals surface area contributed by atoms with Crippen molar-refractivity contribution in [1.29, 1.82) is 0 Å². The molecule has 2 heterocycles. The second kappa shape index (κ2) is 6.93. The molecule has 0 saturated heterocycles. The summed E-state index contributed by atoms with van der Waals surface area (Å²) in [5.41, 5.74) is 5.23. The first kappa shape index (κ1) is 17.0. The predicted octanol–water partition coefficient (Wildman–Crippen LogP) is 2.94. The normalized spacial score (nSPS) is 10.9. The topological polar surface area (TPSA) is 62.5 Å². The van der Waals surface area contributed by atoms with E-state index in [1.807, 2.05) is 43.5 Å². The number of rotatable bonds is 5. The van der Waals surface area contributed by atoms with Crippen LogP contribution in [0, 0.1) is 13.8 Å². The fraction of sp³-hybridized carbons (Fsp3) is 0.316. The Morgan fingerprint density at radius 2 is 2.04 bits per heavy atom. The molecule has 3 aromatic rings. The van der Waals surface area contributed by atoms with Crippen molar-refractivity contribution in [3.8, 4) is 0 Å². The fourth-order valence-electron chi connectivity index (χ4n) is 2.90. The zero-order chi connectivity index (χ0) is 18.0. The Bertz CT molecular complexity index is 915. The molecular formula is C19H23N5O. The molecule has 6 heteroatoms. The molecule has 1 aromatic carbocycles. The zero-order valence-electron chi connectivity index (χ0n) is 15.1. The SMILES string of the molecule is CC(=O)N(C)Cc1ccccc1NCc1cnc2nc(C)cc(C)n12. The average Bonchev–Trinajstić information content (AvgIpc) is 2.97. The number of nitrogens with zero attached hydrogens (tertiary/aromatic N) is 4. The van der Waals surface area contributed by atoms with Crippen LogP contribution in [0.2, 0.25) is 0 Å². The standard InChI is InChI=1S/C19H23N5O/c1-13-9-14(2)24-17(11-21-19(24)22-13)10-20-18-8-6-5-7-16(18)12-23(4)15(3)25/h5-9,11,20H,10,12H2,1-4H3. The lowest BCUT2D eigenvalue weighted by Gasteiger charge is -2.18. The van der Waals surface area contributed by atoms with Crippen molar-refractivity contribution < 1.29 is 4.79 Å². The first-order valence-corrected chi connectivity index (χ1v) is 8.30. The molecule has 0 aliphatic heterocycles. The van der Waals surface area contributed by atoms with Crippen molar-refractivity contribution in [2.24, 2.45) is 0 Å². The number of nitrogens with one attached hydrogen (secondary N) is 1. The maximum atomic E-state index is 11.5. The van der Waals surface area contributed by atoms with Crippen molar-refractivity contribution >= 4 is 17.4 Å². The smallest absolute Gasteiger partial charge is 0.234 e. The minimum Gasteiger partial charge on any atom is -0.379 e. The summed E-state index contributed by atoms with van der Waals surface area (Å²) in [4.78, 5) is 22.1. The number of hydrogen-bond donors (Lipinski definition) is 1. The summed E-state index contributed by atoms with van der Waals surface area (Å²) in [6, 6.07) is 10.1. The molecule has 0 radical (unpaired) electrons. The zero-order valence-corrected chi connectivity index (χ0v) is 15.1. The average molecular weight is 337 g/mol. The third-order valence-electron chi connectivity index (χ3n) is 4.29. The second-order valence-corrected chi connectivity index (χ2v) is 6.31. The van der Waals surface area contributed by atoms with Crippen molar-refractivity contribution in [1.82, 2.24) is 19.3 Å². The highest BCUT2D eigenvalue weighted by Gasteiger charge is 2.10. The first-order chi connectivity index (χ1) is 12.0. The highest BCUT2D eigenvalue weighted by Crippen LogP contribution is 2.19. The number of hydrogen-bond acceptors (Lipinski definition) is 4. The number of aryl methyl sites for hydroxylation is 2. The molecule has 6 nitrogen and oxygen atoms in total. The number of aromatic nitrogens is 3. The van der Waals surface area contributed by atoms with Gasteiger partial charge in [-0.3, -0.25) is 9.20 Å². The molecule has 3 rings (SSSR count). The van der Waals surface area contributed by atoms with Crippen LogP contribution < -0.4 is 5.32 Å². The van der Waals surface area contributed by atoms with Gasteiger partial charge in [-0.25, -0.2) is 9.97 Å². The van der Waals surface area contributed by atoms with Gasteiger partial charge in [0.05, 0.1) is 18.4 Å². The van der Waals surface area contributed by atoms with Crippen LogP contribution in [0.5, 0.6) is 0 Å². The van der Waals surface area contributed by atoms with Crippen LogP contribution in [0.4, 0.5) is 5.69 Å². The van der Waals surface area contributed by atoms with Crippen molar-refractivity contribution in [2.45, 2.75) is 33.9 Å². The number of carbonyl (C=O) groups is 1. The van der Waals surface area contributed by atoms with Gasteiger partial charge in [-0.05, 0) is 31.5 Å². The van der Waals surface area contributed by atoms with E-state index in [1.54, 1.807) is 18.9 Å². The van der Waals surface area contributed by atoms with E-state index in [4.69, 9.17) is 0 Å². The first-order valence-electron chi connectivity index (χ1n) is 8.30. The van der Waals surface area contributed by atoms with E-state index in [-0.39, 0.29) is 5.91 Å². The molecule has 130 valence electrons. The summed E-state index contributed by atoms with van der Waals surface area (Å²) < 4.78 is 2.06. The molecular weight excluding hydrogens is 314 g/mol. The lowest BCUT2D eigenvalue weighted by atomic mass is 10.1. The quantitative estimate of drug-likeness (QED) is 0.777. The van der Waals surface area contributed by atoms with Crippen LogP contribution in [-0.4, -0.2) is 32.2 Å². The molecule has 0 aliphatic rings. The summed E-state index contributed by atoms with van der Waals surface area (Å²) in [7, 11) is 1.81. The molecule has 2 aromatic heterocycles. The van der Waals surface area contributed by atoms with Crippen LogP contribution in [0.15, 0.2) is 36.5 Å². The van der Waals surface area contributed by atoms with E-state index < -0.39 is 0 Å². The van der Waals surface area contributed by atoms with E-state index in [0.29, 0.717) is 13.1 Å². The molecule has 0 atom stereocenters. The molecule has 0 bridgehead atoms. The molecule has 25 heavy (non-hydrogen) atoms. The van der Waals surface area contributed by atoms with Crippen molar-refractivity contribution in [3.63, 3.8) is 0 Å².